The van der Waals surface area contributed by atoms with Crippen LogP contribution in [0.5, 0.6) is 5.75 Å². The Labute approximate surface area is 134 Å². The van der Waals surface area contributed by atoms with Crippen LogP contribution < -0.4 is 4.52 Å². The van der Waals surface area contributed by atoms with Gasteiger partial charge in [0.2, 0.25) is 0 Å². The van der Waals surface area contributed by atoms with Crippen LogP contribution in [0.4, 0.5) is 0 Å². The highest BCUT2D eigenvalue weighted by molar-refractivity contribution is 7.96. The number of fused-ring (bicyclic) bond motifs is 1. The fourth-order valence-electron chi connectivity index (χ4n) is 2.62. The van der Waals surface area contributed by atoms with E-state index >= 15 is 0 Å². The first-order valence-electron chi connectivity index (χ1n) is 6.59. The van der Waals surface area contributed by atoms with Crippen LogP contribution in [-0.2, 0) is 14.8 Å². The number of phosphoric acid groups is 1. The maximum Gasteiger partial charge on any atom is 0.524 e. The van der Waals surface area contributed by atoms with Crippen molar-refractivity contribution in [3.05, 3.63) is 42.0 Å². The molecule has 0 aliphatic heterocycles. The summed E-state index contributed by atoms with van der Waals surface area (Å²) in [5.74, 6) is 0.0756. The largest absolute Gasteiger partial charge is 0.524 e. The standard InChI is InChI=1S/C15H17O5PS/c1-15(2,9-13(16)22)14-11-6-4-3-5-10(11)7-8-12(14)20-21(17,18)19/h3-8H,9H2,1-2H3,(H,16,22)(H2,17,18,19). The highest BCUT2D eigenvalue weighted by atomic mass is 32.1. The average molecular weight is 340 g/mol. The first-order chi connectivity index (χ1) is 10.1. The van der Waals surface area contributed by atoms with Gasteiger partial charge in [-0.3, -0.25) is 14.6 Å². The van der Waals surface area contributed by atoms with E-state index in [-0.39, 0.29) is 17.3 Å². The summed E-state index contributed by atoms with van der Waals surface area (Å²) in [5.41, 5.74) is -0.110. The molecule has 0 heterocycles. The molecule has 0 fully saturated rings. The molecule has 0 aromatic heterocycles. The Bertz CT molecular complexity index is 766. The Morgan fingerprint density at radius 3 is 2.45 bits per heavy atom. The van der Waals surface area contributed by atoms with Crippen molar-refractivity contribution in [2.45, 2.75) is 25.7 Å². The highest BCUT2D eigenvalue weighted by Crippen LogP contribution is 2.46. The Balaban J connectivity index is 2.72. The van der Waals surface area contributed by atoms with E-state index in [4.69, 9.17) is 14.3 Å². The summed E-state index contributed by atoms with van der Waals surface area (Å²) in [6, 6.07) is 10.7. The monoisotopic (exact) mass is 340 g/mol. The van der Waals surface area contributed by atoms with Crippen molar-refractivity contribution < 1.29 is 23.7 Å². The minimum absolute atomic E-state index is 0.0756. The Kier molecular flexibility index (Phi) is 4.68. The van der Waals surface area contributed by atoms with Gasteiger partial charge in [-0.1, -0.05) is 44.2 Å². The molecule has 0 amide bonds. The van der Waals surface area contributed by atoms with E-state index in [1.54, 1.807) is 6.07 Å². The van der Waals surface area contributed by atoms with Crippen LogP contribution in [0.1, 0.15) is 25.8 Å². The number of hydrogen-bond donors (Lipinski definition) is 3. The van der Waals surface area contributed by atoms with Crippen LogP contribution in [0.25, 0.3) is 10.8 Å². The lowest BCUT2D eigenvalue weighted by Gasteiger charge is -2.28. The topological polar surface area (TPSA) is 83.8 Å². The van der Waals surface area contributed by atoms with Gasteiger partial charge in [-0.2, -0.15) is 0 Å². The fraction of sp³-hybridized carbons (Fsp3) is 0.267. The molecule has 22 heavy (non-hydrogen) atoms. The van der Waals surface area contributed by atoms with Crippen LogP contribution in [-0.4, -0.2) is 14.9 Å². The van der Waals surface area contributed by atoms with E-state index in [0.717, 1.165) is 10.8 Å². The number of carbonyl (C=O) groups excluding carboxylic acids is 1. The molecule has 0 saturated heterocycles. The SMILES string of the molecule is CC(C)(CC(=O)S)c1c(OP(=O)(O)O)ccc2ccccc12. The summed E-state index contributed by atoms with van der Waals surface area (Å²) < 4.78 is 16.1. The van der Waals surface area contributed by atoms with Gasteiger partial charge < -0.3 is 4.52 Å². The zero-order valence-electron chi connectivity index (χ0n) is 12.2. The molecule has 0 saturated carbocycles. The number of thiol groups is 1. The lowest BCUT2D eigenvalue weighted by molar-refractivity contribution is -0.111. The number of benzene rings is 2. The van der Waals surface area contributed by atoms with Crippen molar-refractivity contribution in [3.8, 4) is 5.75 Å². The number of phosphoric ester groups is 1. The first-order valence-corrected chi connectivity index (χ1v) is 8.57. The van der Waals surface area contributed by atoms with Gasteiger partial charge in [0.15, 0.2) is 5.12 Å². The molecule has 7 heteroatoms. The zero-order chi connectivity index (χ0) is 16.5. The molecular formula is C15H17O5PS. The van der Waals surface area contributed by atoms with E-state index in [9.17, 15) is 9.36 Å². The maximum atomic E-state index is 11.4. The zero-order valence-corrected chi connectivity index (χ0v) is 14.0. The van der Waals surface area contributed by atoms with Crippen LogP contribution >= 0.6 is 20.5 Å². The molecule has 2 aromatic carbocycles. The fourth-order valence-corrected chi connectivity index (χ4v) is 3.42. The van der Waals surface area contributed by atoms with E-state index in [2.05, 4.69) is 12.6 Å². The van der Waals surface area contributed by atoms with Crippen LogP contribution in [0, 0.1) is 0 Å². The summed E-state index contributed by atoms with van der Waals surface area (Å²) in [6.07, 6.45) is 0.113. The molecule has 0 spiro atoms. The molecule has 118 valence electrons. The molecule has 0 bridgehead atoms. The van der Waals surface area contributed by atoms with Crippen LogP contribution in [0.3, 0.4) is 0 Å². The quantitative estimate of drug-likeness (QED) is 0.574. The van der Waals surface area contributed by atoms with Gasteiger partial charge in [0.05, 0.1) is 0 Å². The number of rotatable bonds is 5. The van der Waals surface area contributed by atoms with E-state index < -0.39 is 13.2 Å². The lowest BCUT2D eigenvalue weighted by atomic mass is 9.79. The summed E-state index contributed by atoms with van der Waals surface area (Å²) in [6.45, 7) is 3.63. The molecule has 2 rings (SSSR count). The third-order valence-electron chi connectivity index (χ3n) is 3.38. The van der Waals surface area contributed by atoms with Crippen LogP contribution in [0.15, 0.2) is 36.4 Å². The van der Waals surface area contributed by atoms with Gasteiger partial charge in [-0.25, -0.2) is 4.57 Å². The van der Waals surface area contributed by atoms with Crippen molar-refractivity contribution >= 4 is 36.3 Å². The molecule has 0 atom stereocenters. The van der Waals surface area contributed by atoms with Crippen LogP contribution in [0.2, 0.25) is 0 Å². The smallest absolute Gasteiger partial charge is 0.404 e. The predicted molar refractivity (Wildman–Crippen MR) is 88.3 cm³/mol. The third kappa shape index (κ3) is 3.90. The molecule has 0 radical (unpaired) electrons. The summed E-state index contributed by atoms with van der Waals surface area (Å²) in [7, 11) is -4.70. The van der Waals surface area contributed by atoms with Gasteiger partial charge in [0.1, 0.15) is 5.75 Å². The van der Waals surface area contributed by atoms with E-state index in [1.165, 1.54) is 6.07 Å². The summed E-state index contributed by atoms with van der Waals surface area (Å²) >= 11 is 3.82. The molecular weight excluding hydrogens is 323 g/mol. The lowest BCUT2D eigenvalue weighted by Crippen LogP contribution is -2.21. The number of hydrogen-bond acceptors (Lipinski definition) is 3. The second-order valence-electron chi connectivity index (χ2n) is 5.70. The van der Waals surface area contributed by atoms with Gasteiger partial charge >= 0.3 is 7.82 Å². The van der Waals surface area contributed by atoms with Crippen molar-refractivity contribution in [1.82, 2.24) is 0 Å². The van der Waals surface area contributed by atoms with Crippen molar-refractivity contribution in [3.63, 3.8) is 0 Å². The van der Waals surface area contributed by atoms with E-state index in [1.807, 2.05) is 38.1 Å². The second kappa shape index (κ2) is 6.05. The molecule has 0 unspecified atom stereocenters. The Morgan fingerprint density at radius 1 is 1.23 bits per heavy atom. The normalized spacial score (nSPS) is 12.4. The van der Waals surface area contributed by atoms with Crippen molar-refractivity contribution in [2.75, 3.05) is 0 Å². The summed E-state index contributed by atoms with van der Waals surface area (Å²) in [4.78, 5) is 29.7. The average Bonchev–Trinajstić information content (AvgIpc) is 2.34. The van der Waals surface area contributed by atoms with Crippen molar-refractivity contribution in [1.29, 1.82) is 0 Å². The highest BCUT2D eigenvalue weighted by Gasteiger charge is 2.31. The van der Waals surface area contributed by atoms with Crippen molar-refractivity contribution in [2.24, 2.45) is 0 Å². The molecule has 2 aromatic rings. The number of carbonyl (C=O) groups is 1. The first kappa shape index (κ1) is 17.0. The van der Waals surface area contributed by atoms with Gasteiger partial charge in [0.25, 0.3) is 0 Å². The predicted octanol–water partition coefficient (Wildman–Crippen LogP) is 3.44. The Morgan fingerprint density at radius 2 is 1.86 bits per heavy atom. The molecule has 0 aliphatic carbocycles. The Hall–Kier alpha value is -1.33. The molecule has 2 N–H and O–H groups in total. The molecule has 5 nitrogen and oxygen atoms in total. The summed E-state index contributed by atoms with van der Waals surface area (Å²) in [5, 5.41) is 1.38. The minimum Gasteiger partial charge on any atom is -0.404 e. The minimum atomic E-state index is -4.70. The second-order valence-corrected chi connectivity index (χ2v) is 7.36. The van der Waals surface area contributed by atoms with Gasteiger partial charge in [-0.05, 0) is 16.8 Å². The van der Waals surface area contributed by atoms with E-state index in [0.29, 0.717) is 5.56 Å². The maximum absolute atomic E-state index is 11.4. The third-order valence-corrected chi connectivity index (χ3v) is 3.97. The molecule has 0 aliphatic rings. The van der Waals surface area contributed by atoms with Gasteiger partial charge in [-0.15, -0.1) is 12.6 Å². The van der Waals surface area contributed by atoms with Gasteiger partial charge in [0, 0.05) is 17.4 Å².